The topological polar surface area (TPSA) is 66.6 Å². The minimum atomic E-state index is -0.363. The van der Waals surface area contributed by atoms with Crippen molar-refractivity contribution in [1.82, 2.24) is 24.5 Å². The fraction of sp³-hybridized carbons (Fsp3) is 0.231. The van der Waals surface area contributed by atoms with Gasteiger partial charge in [-0.2, -0.15) is 0 Å². The highest BCUT2D eigenvalue weighted by Gasteiger charge is 2.30. The molecule has 1 saturated heterocycles. The first-order valence-electron chi connectivity index (χ1n) is 11.6. The Morgan fingerprint density at radius 1 is 1.06 bits per heavy atom. The third-order valence-electron chi connectivity index (χ3n) is 6.48. The summed E-state index contributed by atoms with van der Waals surface area (Å²) in [6.45, 7) is 3.85. The summed E-state index contributed by atoms with van der Waals surface area (Å²) in [5, 5.41) is 11.7. The molecule has 0 spiro atoms. The van der Waals surface area contributed by atoms with Crippen molar-refractivity contribution in [3.63, 3.8) is 0 Å². The maximum Gasteiger partial charge on any atom is 0.228 e. The molecule has 4 heterocycles. The van der Waals surface area contributed by atoms with Gasteiger partial charge in [-0.15, -0.1) is 21.5 Å². The number of anilines is 1. The molecule has 0 N–H and O–H groups in total. The van der Waals surface area contributed by atoms with E-state index in [-0.39, 0.29) is 17.8 Å². The Morgan fingerprint density at radius 3 is 2.69 bits per heavy atom. The predicted octanol–water partition coefficient (Wildman–Crippen LogP) is 4.42. The van der Waals surface area contributed by atoms with Crippen molar-refractivity contribution < 1.29 is 9.18 Å². The Hall–Kier alpha value is -3.85. The summed E-state index contributed by atoms with van der Waals surface area (Å²) in [5.41, 5.74) is 1.80. The van der Waals surface area contributed by atoms with E-state index in [2.05, 4.69) is 22.0 Å². The molecule has 9 heteroatoms. The number of para-hydroxylation sites is 1. The van der Waals surface area contributed by atoms with Crippen molar-refractivity contribution in [1.29, 1.82) is 0 Å². The average molecular weight is 487 g/mol. The number of aromatic nitrogens is 4. The average Bonchev–Trinajstić information content (AvgIpc) is 3.54. The van der Waals surface area contributed by atoms with Gasteiger partial charge in [0.05, 0.1) is 17.5 Å². The first-order chi connectivity index (χ1) is 17.1. The van der Waals surface area contributed by atoms with E-state index in [0.29, 0.717) is 49.0 Å². The smallest absolute Gasteiger partial charge is 0.228 e. The first kappa shape index (κ1) is 21.7. The van der Waals surface area contributed by atoms with Crippen LogP contribution in [0.25, 0.3) is 27.9 Å². The van der Waals surface area contributed by atoms with Crippen LogP contribution in [0.2, 0.25) is 0 Å². The molecule has 6 rings (SSSR count). The van der Waals surface area contributed by atoms with E-state index < -0.39 is 0 Å². The fourth-order valence-corrected chi connectivity index (χ4v) is 5.46. The molecule has 1 amide bonds. The summed E-state index contributed by atoms with van der Waals surface area (Å²) in [6, 6.07) is 18.3. The van der Waals surface area contributed by atoms with Crippen LogP contribution in [0, 0.1) is 5.82 Å². The van der Waals surface area contributed by atoms with Gasteiger partial charge in [-0.3, -0.25) is 4.79 Å². The molecule has 1 aliphatic heterocycles. The third kappa shape index (κ3) is 3.81. The quantitative estimate of drug-likeness (QED) is 0.376. The van der Waals surface area contributed by atoms with E-state index in [9.17, 15) is 9.18 Å². The molecule has 35 heavy (non-hydrogen) atoms. The number of fused-ring (bicyclic) bond motifs is 3. The number of amides is 1. The van der Waals surface area contributed by atoms with Crippen molar-refractivity contribution in [2.45, 2.75) is 19.4 Å². The fourth-order valence-electron chi connectivity index (χ4n) is 4.77. The number of hydrogen-bond acceptors (Lipinski definition) is 6. The standard InChI is InChI=1S/C26H23FN6OS/c1-17-16-31(12-13-32(17)23(34)15-18-7-6-14-35-18)26-28-22-11-5-3-9-20(22)25-30-29-24(33(25)26)19-8-2-4-10-21(19)27/h2-11,14,17H,12-13,15-16H2,1H3. The maximum absolute atomic E-state index is 14.8. The molecule has 0 aliphatic carbocycles. The Bertz CT molecular complexity index is 1530. The van der Waals surface area contributed by atoms with Crippen molar-refractivity contribution in [2.75, 3.05) is 24.5 Å². The molecule has 176 valence electrons. The van der Waals surface area contributed by atoms with Crippen molar-refractivity contribution in [3.05, 3.63) is 76.7 Å². The van der Waals surface area contributed by atoms with Gasteiger partial charge in [0.2, 0.25) is 11.9 Å². The molecule has 0 bridgehead atoms. The van der Waals surface area contributed by atoms with Gasteiger partial charge < -0.3 is 9.80 Å². The SMILES string of the molecule is CC1CN(c2nc3ccccc3c3nnc(-c4ccccc4F)n23)CCN1C(=O)Cc1cccs1. The molecule has 1 atom stereocenters. The molecular weight excluding hydrogens is 463 g/mol. The summed E-state index contributed by atoms with van der Waals surface area (Å²) in [7, 11) is 0. The van der Waals surface area contributed by atoms with Crippen molar-refractivity contribution in [2.24, 2.45) is 0 Å². The third-order valence-corrected chi connectivity index (χ3v) is 7.36. The maximum atomic E-state index is 14.8. The normalized spacial score (nSPS) is 16.3. The van der Waals surface area contributed by atoms with Crippen LogP contribution >= 0.6 is 11.3 Å². The van der Waals surface area contributed by atoms with Crippen LogP contribution in [-0.2, 0) is 11.2 Å². The molecule has 0 saturated carbocycles. The zero-order chi connectivity index (χ0) is 23.9. The van der Waals surface area contributed by atoms with Gasteiger partial charge in [-0.1, -0.05) is 30.3 Å². The second-order valence-electron chi connectivity index (χ2n) is 8.73. The number of carbonyl (C=O) groups is 1. The molecule has 3 aromatic heterocycles. The highest BCUT2D eigenvalue weighted by atomic mass is 32.1. The van der Waals surface area contributed by atoms with E-state index in [1.54, 1.807) is 29.5 Å². The van der Waals surface area contributed by atoms with Gasteiger partial charge in [-0.05, 0) is 42.6 Å². The predicted molar refractivity (Wildman–Crippen MR) is 135 cm³/mol. The molecular formula is C26H23FN6OS. The number of thiophene rings is 1. The number of benzene rings is 2. The largest absolute Gasteiger partial charge is 0.338 e. The van der Waals surface area contributed by atoms with Crippen LogP contribution in [0.5, 0.6) is 0 Å². The molecule has 5 aromatic rings. The van der Waals surface area contributed by atoms with E-state index in [4.69, 9.17) is 4.98 Å². The van der Waals surface area contributed by atoms with Crippen LogP contribution in [0.4, 0.5) is 10.3 Å². The van der Waals surface area contributed by atoms with Gasteiger partial charge in [0.15, 0.2) is 11.5 Å². The van der Waals surface area contributed by atoms with E-state index in [0.717, 1.165) is 15.8 Å². The molecule has 1 unspecified atom stereocenters. The first-order valence-corrected chi connectivity index (χ1v) is 12.4. The number of nitrogens with zero attached hydrogens (tertiary/aromatic N) is 6. The minimum Gasteiger partial charge on any atom is -0.338 e. The zero-order valence-electron chi connectivity index (χ0n) is 19.1. The number of hydrogen-bond donors (Lipinski definition) is 0. The van der Waals surface area contributed by atoms with Crippen molar-refractivity contribution in [3.8, 4) is 11.4 Å². The van der Waals surface area contributed by atoms with Crippen molar-refractivity contribution >= 4 is 39.7 Å². The molecule has 2 aromatic carbocycles. The molecule has 1 fully saturated rings. The highest BCUT2D eigenvalue weighted by Crippen LogP contribution is 2.30. The number of rotatable bonds is 4. The molecule has 7 nitrogen and oxygen atoms in total. The van der Waals surface area contributed by atoms with Gasteiger partial charge in [-0.25, -0.2) is 13.8 Å². The minimum absolute atomic E-state index is 0.00655. The lowest BCUT2D eigenvalue weighted by Gasteiger charge is -2.40. The van der Waals surface area contributed by atoms with Crippen LogP contribution in [0.3, 0.4) is 0 Å². The second kappa shape index (κ2) is 8.74. The van der Waals surface area contributed by atoms with Gasteiger partial charge in [0.1, 0.15) is 5.82 Å². The Labute approximate surface area is 205 Å². The molecule has 1 aliphatic rings. The summed E-state index contributed by atoms with van der Waals surface area (Å²) in [5.74, 6) is 0.834. The zero-order valence-corrected chi connectivity index (χ0v) is 20.0. The van der Waals surface area contributed by atoms with Gasteiger partial charge in [0, 0.05) is 35.9 Å². The van der Waals surface area contributed by atoms with E-state index >= 15 is 0 Å². The lowest BCUT2D eigenvalue weighted by atomic mass is 10.1. The van der Waals surface area contributed by atoms with Crippen LogP contribution in [0.15, 0.2) is 66.0 Å². The Morgan fingerprint density at radius 2 is 1.89 bits per heavy atom. The van der Waals surface area contributed by atoms with Gasteiger partial charge >= 0.3 is 0 Å². The summed E-state index contributed by atoms with van der Waals surface area (Å²) in [4.78, 5) is 23.1. The monoisotopic (exact) mass is 486 g/mol. The Kier molecular flexibility index (Phi) is 5.41. The number of halogens is 1. The summed E-state index contributed by atoms with van der Waals surface area (Å²) < 4.78 is 16.6. The van der Waals surface area contributed by atoms with E-state index in [1.165, 1.54) is 6.07 Å². The van der Waals surface area contributed by atoms with Crippen LogP contribution in [0.1, 0.15) is 11.8 Å². The Balaban J connectivity index is 1.40. The van der Waals surface area contributed by atoms with E-state index in [1.807, 2.05) is 51.1 Å². The second-order valence-corrected chi connectivity index (χ2v) is 9.76. The van der Waals surface area contributed by atoms with Crippen LogP contribution in [-0.4, -0.2) is 56.1 Å². The number of piperazine rings is 1. The summed E-state index contributed by atoms with van der Waals surface area (Å²) in [6.07, 6.45) is 0.420. The molecule has 0 radical (unpaired) electrons. The lowest BCUT2D eigenvalue weighted by Crippen LogP contribution is -2.55. The number of carbonyl (C=O) groups excluding carboxylic acids is 1. The summed E-state index contributed by atoms with van der Waals surface area (Å²) >= 11 is 1.60. The lowest BCUT2D eigenvalue weighted by molar-refractivity contribution is -0.132. The van der Waals surface area contributed by atoms with Crippen LogP contribution < -0.4 is 4.90 Å². The highest BCUT2D eigenvalue weighted by molar-refractivity contribution is 7.10. The van der Waals surface area contributed by atoms with Gasteiger partial charge in [0.25, 0.3) is 0 Å².